The second kappa shape index (κ2) is 6.23. The molecule has 0 fully saturated rings. The van der Waals surface area contributed by atoms with Crippen molar-refractivity contribution >= 4 is 5.97 Å². The third-order valence-corrected chi connectivity index (χ3v) is 2.59. The normalized spacial score (nSPS) is 12.4. The Labute approximate surface area is 95.7 Å². The van der Waals surface area contributed by atoms with E-state index in [1.165, 1.54) is 0 Å². The van der Waals surface area contributed by atoms with Crippen LogP contribution in [0.25, 0.3) is 0 Å². The van der Waals surface area contributed by atoms with Crippen LogP contribution >= 0.6 is 0 Å². The lowest BCUT2D eigenvalue weighted by Gasteiger charge is -2.13. The highest BCUT2D eigenvalue weighted by Crippen LogP contribution is 2.06. The fourth-order valence-electron chi connectivity index (χ4n) is 1.58. The predicted molar refractivity (Wildman–Crippen MR) is 62.2 cm³/mol. The summed E-state index contributed by atoms with van der Waals surface area (Å²) in [5.74, 6) is -0.809. The van der Waals surface area contributed by atoms with Gasteiger partial charge in [-0.05, 0) is 24.5 Å². The van der Waals surface area contributed by atoms with Gasteiger partial charge in [0.1, 0.15) is 6.04 Å². The quantitative estimate of drug-likeness (QED) is 0.767. The van der Waals surface area contributed by atoms with E-state index in [0.29, 0.717) is 13.0 Å². The number of aryl methyl sites for hydroxylation is 1. The van der Waals surface area contributed by atoms with Crippen LogP contribution < -0.4 is 5.32 Å². The first-order valence-electron chi connectivity index (χ1n) is 5.58. The Morgan fingerprint density at radius 3 is 2.88 bits per heavy atom. The van der Waals surface area contributed by atoms with E-state index in [9.17, 15) is 4.79 Å². The van der Waals surface area contributed by atoms with Crippen LogP contribution in [-0.4, -0.2) is 22.1 Å². The van der Waals surface area contributed by atoms with E-state index >= 15 is 0 Å². The number of aliphatic carboxylic acids is 1. The van der Waals surface area contributed by atoms with Crippen LogP contribution in [0.4, 0.5) is 0 Å². The molecule has 0 spiro atoms. The molecule has 1 unspecified atom stereocenters. The van der Waals surface area contributed by atoms with E-state index in [1.54, 1.807) is 6.20 Å². The van der Waals surface area contributed by atoms with Crippen LogP contribution in [-0.2, 0) is 17.8 Å². The Balaban J connectivity index is 2.63. The number of rotatable bonds is 6. The average molecular weight is 222 g/mol. The number of hydrogen-bond donors (Lipinski definition) is 2. The molecule has 1 heterocycles. The monoisotopic (exact) mass is 222 g/mol. The molecule has 0 aliphatic heterocycles. The number of carboxylic acid groups (broad SMARTS) is 1. The zero-order valence-corrected chi connectivity index (χ0v) is 9.73. The van der Waals surface area contributed by atoms with Crippen molar-refractivity contribution < 1.29 is 9.90 Å². The summed E-state index contributed by atoms with van der Waals surface area (Å²) in [6, 6.07) is 3.43. The maximum Gasteiger partial charge on any atom is 0.320 e. The lowest BCUT2D eigenvalue weighted by Crippen LogP contribution is -2.35. The van der Waals surface area contributed by atoms with Gasteiger partial charge in [-0.15, -0.1) is 0 Å². The molecule has 0 aliphatic rings. The second-order valence-electron chi connectivity index (χ2n) is 3.64. The van der Waals surface area contributed by atoms with Crippen LogP contribution in [0.5, 0.6) is 0 Å². The third-order valence-electron chi connectivity index (χ3n) is 2.59. The van der Waals surface area contributed by atoms with Crippen LogP contribution in [0.3, 0.4) is 0 Å². The van der Waals surface area contributed by atoms with Gasteiger partial charge in [-0.2, -0.15) is 0 Å². The Hall–Kier alpha value is -1.42. The number of hydrogen-bond acceptors (Lipinski definition) is 3. The molecule has 1 aromatic rings. The summed E-state index contributed by atoms with van der Waals surface area (Å²) < 4.78 is 0. The van der Waals surface area contributed by atoms with Crippen LogP contribution in [0.15, 0.2) is 18.3 Å². The first kappa shape index (κ1) is 12.6. The van der Waals surface area contributed by atoms with Gasteiger partial charge in [0.15, 0.2) is 0 Å². The highest BCUT2D eigenvalue weighted by atomic mass is 16.4. The standard InChI is InChI=1S/C12H18N2O2/c1-3-9-6-5-7-13-11(9)8-14-10(4-2)12(15)16/h5-7,10,14H,3-4,8H2,1-2H3,(H,15,16). The molecule has 0 saturated heterocycles. The van der Waals surface area contributed by atoms with Crippen molar-refractivity contribution in [1.29, 1.82) is 0 Å². The SMILES string of the molecule is CCc1cccnc1CNC(CC)C(=O)O. The molecule has 0 radical (unpaired) electrons. The van der Waals surface area contributed by atoms with E-state index in [1.807, 2.05) is 19.1 Å². The maximum absolute atomic E-state index is 10.8. The summed E-state index contributed by atoms with van der Waals surface area (Å²) in [6.07, 6.45) is 3.22. The predicted octanol–water partition coefficient (Wildman–Crippen LogP) is 1.60. The Kier molecular flexibility index (Phi) is 4.92. The van der Waals surface area contributed by atoms with Gasteiger partial charge in [0, 0.05) is 12.7 Å². The zero-order valence-electron chi connectivity index (χ0n) is 9.73. The molecule has 16 heavy (non-hydrogen) atoms. The van der Waals surface area contributed by atoms with Crippen molar-refractivity contribution in [3.05, 3.63) is 29.6 Å². The van der Waals surface area contributed by atoms with Crippen molar-refractivity contribution in [3.63, 3.8) is 0 Å². The number of pyridine rings is 1. The highest BCUT2D eigenvalue weighted by molar-refractivity contribution is 5.73. The molecule has 0 saturated carbocycles. The maximum atomic E-state index is 10.8. The average Bonchev–Trinajstić information content (AvgIpc) is 2.30. The van der Waals surface area contributed by atoms with Crippen molar-refractivity contribution in [2.45, 2.75) is 39.3 Å². The van der Waals surface area contributed by atoms with Gasteiger partial charge in [-0.1, -0.05) is 19.9 Å². The number of nitrogens with zero attached hydrogens (tertiary/aromatic N) is 1. The van der Waals surface area contributed by atoms with E-state index in [2.05, 4.69) is 17.2 Å². The molecule has 0 aliphatic carbocycles. The molecule has 88 valence electrons. The smallest absolute Gasteiger partial charge is 0.320 e. The zero-order chi connectivity index (χ0) is 12.0. The summed E-state index contributed by atoms with van der Waals surface area (Å²) in [5.41, 5.74) is 2.10. The Morgan fingerprint density at radius 1 is 1.56 bits per heavy atom. The molecule has 1 atom stereocenters. The van der Waals surface area contributed by atoms with Crippen molar-refractivity contribution in [1.82, 2.24) is 10.3 Å². The van der Waals surface area contributed by atoms with Gasteiger partial charge in [0.25, 0.3) is 0 Å². The Morgan fingerprint density at radius 2 is 2.31 bits per heavy atom. The van der Waals surface area contributed by atoms with Gasteiger partial charge in [0.05, 0.1) is 5.69 Å². The van der Waals surface area contributed by atoms with E-state index in [4.69, 9.17) is 5.11 Å². The van der Waals surface area contributed by atoms with Crippen LogP contribution in [0, 0.1) is 0 Å². The molecule has 0 amide bonds. The summed E-state index contributed by atoms with van der Waals surface area (Å²) in [7, 11) is 0. The molecule has 2 N–H and O–H groups in total. The van der Waals surface area contributed by atoms with Gasteiger partial charge in [-0.25, -0.2) is 0 Å². The van der Waals surface area contributed by atoms with E-state index in [-0.39, 0.29) is 0 Å². The number of nitrogens with one attached hydrogen (secondary N) is 1. The van der Waals surface area contributed by atoms with E-state index < -0.39 is 12.0 Å². The van der Waals surface area contributed by atoms with E-state index in [0.717, 1.165) is 17.7 Å². The lowest BCUT2D eigenvalue weighted by molar-refractivity contribution is -0.139. The van der Waals surface area contributed by atoms with Gasteiger partial charge < -0.3 is 5.11 Å². The first-order valence-corrected chi connectivity index (χ1v) is 5.58. The number of carbonyl (C=O) groups is 1. The molecule has 0 aromatic carbocycles. The molecule has 4 heteroatoms. The minimum absolute atomic E-state index is 0.494. The fourth-order valence-corrected chi connectivity index (χ4v) is 1.58. The van der Waals surface area contributed by atoms with Crippen LogP contribution in [0.1, 0.15) is 31.5 Å². The largest absolute Gasteiger partial charge is 0.480 e. The number of carboxylic acids is 1. The van der Waals surface area contributed by atoms with Crippen molar-refractivity contribution in [2.75, 3.05) is 0 Å². The highest BCUT2D eigenvalue weighted by Gasteiger charge is 2.14. The molecule has 1 aromatic heterocycles. The number of aromatic nitrogens is 1. The summed E-state index contributed by atoms with van der Waals surface area (Å²) >= 11 is 0. The fraction of sp³-hybridized carbons (Fsp3) is 0.500. The van der Waals surface area contributed by atoms with Crippen molar-refractivity contribution in [3.8, 4) is 0 Å². The lowest BCUT2D eigenvalue weighted by atomic mass is 10.1. The van der Waals surface area contributed by atoms with Crippen LogP contribution in [0.2, 0.25) is 0 Å². The molecular formula is C12H18N2O2. The summed E-state index contributed by atoms with van der Waals surface area (Å²) in [4.78, 5) is 15.1. The Bertz CT molecular complexity index is 353. The minimum Gasteiger partial charge on any atom is -0.480 e. The topological polar surface area (TPSA) is 62.2 Å². The minimum atomic E-state index is -0.809. The molecule has 0 bridgehead atoms. The summed E-state index contributed by atoms with van der Waals surface area (Å²) in [5, 5.41) is 11.9. The summed E-state index contributed by atoms with van der Waals surface area (Å²) in [6.45, 7) is 4.43. The molecule has 1 rings (SSSR count). The third kappa shape index (κ3) is 3.31. The van der Waals surface area contributed by atoms with Gasteiger partial charge in [0.2, 0.25) is 0 Å². The van der Waals surface area contributed by atoms with Gasteiger partial charge >= 0.3 is 5.97 Å². The molecule has 4 nitrogen and oxygen atoms in total. The van der Waals surface area contributed by atoms with Crippen molar-refractivity contribution in [2.24, 2.45) is 0 Å². The van der Waals surface area contributed by atoms with Gasteiger partial charge in [-0.3, -0.25) is 15.1 Å². The molecular weight excluding hydrogens is 204 g/mol. The second-order valence-corrected chi connectivity index (χ2v) is 3.64. The first-order chi connectivity index (χ1) is 7.69.